The molecule has 0 aliphatic rings. The quantitative estimate of drug-likeness (QED) is 0.162. The van der Waals surface area contributed by atoms with Gasteiger partial charge in [0.25, 0.3) is 0 Å². The average molecular weight is 826 g/mol. The standard InChI is InChI=1S/Fe.4IO4.Li/c;4*2-1(3,4)5;/q+3;4*-1;+1. The SMILES string of the molecule is [Fe+3].[Li+].[O-][I+3]([O-])([O-])[O-].[O-][I+3]([O-])([O-])[O-].[O-][I+3]([O-])([O-])[O-].[O-][I+3]([O-])([O-])[O-]. The molecule has 133 valence electrons. The number of hydrogen-bond donors (Lipinski definition) is 0. The third kappa shape index (κ3) is 1020. The Labute approximate surface area is 168 Å². The van der Waals surface area contributed by atoms with Crippen molar-refractivity contribution in [1.29, 1.82) is 0 Å². The third-order valence-electron chi connectivity index (χ3n) is 0. The topological polar surface area (TPSA) is 369 Å². The van der Waals surface area contributed by atoms with Crippen LogP contribution < -0.4 is 154 Å². The molecule has 0 aliphatic heterocycles. The molecule has 0 bridgehead atoms. The summed E-state index contributed by atoms with van der Waals surface area (Å²) in [7, 11) is 0. The van der Waals surface area contributed by atoms with E-state index in [9.17, 15) is 0 Å². The van der Waals surface area contributed by atoms with Gasteiger partial charge in [-0.25, -0.2) is 0 Å². The predicted octanol–water partition coefficient (Wildman–Crippen LogP) is -34.0. The molecule has 0 saturated heterocycles. The molecule has 0 aromatic heterocycles. The normalized spacial score (nSPS) is 10.9. The van der Waals surface area contributed by atoms with Crippen molar-refractivity contribution in [2.45, 2.75) is 0 Å². The van der Waals surface area contributed by atoms with Crippen LogP contribution in [0.5, 0.6) is 0 Å². The van der Waals surface area contributed by atoms with E-state index in [1.165, 1.54) is 0 Å². The van der Waals surface area contributed by atoms with Gasteiger partial charge in [0.2, 0.25) is 0 Å². The van der Waals surface area contributed by atoms with Crippen LogP contribution in [0.2, 0.25) is 0 Å². The minimum atomic E-state index is -5.94. The van der Waals surface area contributed by atoms with E-state index in [0.29, 0.717) is 0 Å². The molecule has 0 amide bonds. The first kappa shape index (κ1) is 40.2. The maximum atomic E-state index is 8.62. The monoisotopic (exact) mass is 826 g/mol. The van der Waals surface area contributed by atoms with E-state index in [1.54, 1.807) is 0 Å². The van der Waals surface area contributed by atoms with Crippen LogP contribution in [0.3, 0.4) is 0 Å². The van der Waals surface area contributed by atoms with Crippen molar-refractivity contribution < 1.29 is 171 Å². The molecular formula is FeI4LiO16. The Bertz CT molecular complexity index is 136. The molecule has 0 atom stereocenters. The van der Waals surface area contributed by atoms with Crippen molar-refractivity contribution >= 4 is 0 Å². The summed E-state index contributed by atoms with van der Waals surface area (Å²) in [4.78, 5) is 0. The molecular weight excluding hydrogens is 826 g/mol. The van der Waals surface area contributed by atoms with Gasteiger partial charge < -0.3 is 0 Å². The molecule has 0 aromatic carbocycles. The van der Waals surface area contributed by atoms with Crippen molar-refractivity contribution in [3.05, 3.63) is 0 Å². The van der Waals surface area contributed by atoms with E-state index in [4.69, 9.17) is 55.0 Å². The summed E-state index contributed by atoms with van der Waals surface area (Å²) in [5.74, 6) is 0. The summed E-state index contributed by atoms with van der Waals surface area (Å²) >= 11 is -23.8. The first-order chi connectivity index (χ1) is 8.00. The summed E-state index contributed by atoms with van der Waals surface area (Å²) in [6.45, 7) is 0. The van der Waals surface area contributed by atoms with E-state index in [-0.39, 0.29) is 35.9 Å². The average Bonchev–Trinajstić information content (AvgIpc) is 1.62. The van der Waals surface area contributed by atoms with Gasteiger partial charge in [0.05, 0.1) is 0 Å². The van der Waals surface area contributed by atoms with Crippen LogP contribution in [-0.4, -0.2) is 0 Å². The smallest absolute Gasteiger partial charge is 0.286 e. The van der Waals surface area contributed by atoms with Crippen LogP contribution in [0.1, 0.15) is 0 Å². The third-order valence-corrected chi connectivity index (χ3v) is 0. The number of halogens is 4. The number of hydrogen-bond acceptors (Lipinski definition) is 16. The molecule has 0 aromatic rings. The van der Waals surface area contributed by atoms with Crippen LogP contribution in [0.4, 0.5) is 0 Å². The molecule has 0 heterocycles. The molecule has 22 heteroatoms. The van der Waals surface area contributed by atoms with Crippen LogP contribution in [0, 0.1) is 0 Å². The van der Waals surface area contributed by atoms with Gasteiger partial charge in [0.1, 0.15) is 80.4 Å². The molecule has 0 unspecified atom stereocenters. The Morgan fingerprint density at radius 2 is 0.273 bits per heavy atom. The minimum absolute atomic E-state index is 0. The second-order valence-corrected chi connectivity index (χ2v) is 10.1. The van der Waals surface area contributed by atoms with Gasteiger partial charge in [-0.1, -0.05) is 0 Å². The van der Waals surface area contributed by atoms with Crippen molar-refractivity contribution in [1.82, 2.24) is 0 Å². The van der Waals surface area contributed by atoms with Crippen molar-refractivity contribution in [3.8, 4) is 0 Å². The molecule has 0 N–H and O–H groups in total. The fourth-order valence-corrected chi connectivity index (χ4v) is 0. The zero-order chi connectivity index (χ0) is 18.0. The predicted molar refractivity (Wildman–Crippen MR) is 0 cm³/mol. The molecule has 1 radical (unpaired) electrons. The van der Waals surface area contributed by atoms with E-state index in [0.717, 1.165) is 0 Å². The molecule has 0 saturated carbocycles. The Balaban J connectivity index is -0.0000000376. The van der Waals surface area contributed by atoms with E-state index in [2.05, 4.69) is 0 Å². The minimum Gasteiger partial charge on any atom is -0.286 e. The van der Waals surface area contributed by atoms with Gasteiger partial charge in [-0.15, -0.1) is 0 Å². The van der Waals surface area contributed by atoms with Crippen LogP contribution in [0.15, 0.2) is 0 Å². The van der Waals surface area contributed by atoms with E-state index < -0.39 is 80.4 Å². The molecule has 0 fully saturated rings. The van der Waals surface area contributed by atoms with E-state index in [1.807, 2.05) is 0 Å². The van der Waals surface area contributed by atoms with Gasteiger partial charge in [0.15, 0.2) is 0 Å². The Hall–Kier alpha value is 3.40. The van der Waals surface area contributed by atoms with Crippen LogP contribution in [0.25, 0.3) is 0 Å². The molecule has 22 heavy (non-hydrogen) atoms. The summed E-state index contributed by atoms with van der Waals surface area (Å²) in [6.07, 6.45) is 0. The Morgan fingerprint density at radius 3 is 0.273 bits per heavy atom. The van der Waals surface area contributed by atoms with Gasteiger partial charge >= 0.3 is 35.9 Å². The van der Waals surface area contributed by atoms with E-state index >= 15 is 0 Å². The maximum absolute atomic E-state index is 8.62. The van der Waals surface area contributed by atoms with Gasteiger partial charge in [-0.2, -0.15) is 0 Å². The van der Waals surface area contributed by atoms with Gasteiger partial charge in [-0.05, 0) is 0 Å². The maximum Gasteiger partial charge on any atom is 3.00 e. The summed E-state index contributed by atoms with van der Waals surface area (Å²) in [5.41, 5.74) is 0. The zero-order valence-electron chi connectivity index (χ0n) is 9.40. The molecule has 0 rings (SSSR count). The zero-order valence-corrected chi connectivity index (χ0v) is 19.1. The van der Waals surface area contributed by atoms with Crippen molar-refractivity contribution in [3.63, 3.8) is 0 Å². The summed E-state index contributed by atoms with van der Waals surface area (Å²) in [6, 6.07) is 0. The second kappa shape index (κ2) is 17.8. The molecule has 16 nitrogen and oxygen atoms in total. The Morgan fingerprint density at radius 1 is 0.273 bits per heavy atom. The number of rotatable bonds is 0. The summed E-state index contributed by atoms with van der Waals surface area (Å²) in [5, 5.41) is 0. The largest absolute Gasteiger partial charge is 3.00 e. The first-order valence-electron chi connectivity index (χ1n) is 2.47. The van der Waals surface area contributed by atoms with Crippen molar-refractivity contribution in [2.24, 2.45) is 0 Å². The molecule has 0 aliphatic carbocycles. The second-order valence-electron chi connectivity index (χ2n) is 1.51. The van der Waals surface area contributed by atoms with Crippen molar-refractivity contribution in [2.75, 3.05) is 0 Å². The van der Waals surface area contributed by atoms with Gasteiger partial charge in [0, 0.05) is 0 Å². The molecule has 0 spiro atoms. The van der Waals surface area contributed by atoms with Crippen LogP contribution in [-0.2, 0) is 17.1 Å². The fourth-order valence-electron chi connectivity index (χ4n) is 0. The van der Waals surface area contributed by atoms with Gasteiger partial charge in [-0.3, -0.25) is 55.0 Å². The fraction of sp³-hybridized carbons (Fsp3) is 0. The first-order valence-corrected chi connectivity index (χ1v) is 16.6. The van der Waals surface area contributed by atoms with Crippen LogP contribution >= 0.6 is 0 Å². The summed E-state index contributed by atoms with van der Waals surface area (Å²) < 4.78 is 138. The Kier molecular flexibility index (Phi) is 32.5.